The summed E-state index contributed by atoms with van der Waals surface area (Å²) >= 11 is 0. The van der Waals surface area contributed by atoms with Gasteiger partial charge in [-0.05, 0) is 18.4 Å². The highest BCUT2D eigenvalue weighted by atomic mass is 127. The third-order valence-electron chi connectivity index (χ3n) is 5.21. The molecule has 1 aromatic heterocycles. The van der Waals surface area contributed by atoms with Gasteiger partial charge in [-0.15, -0.1) is 40.8 Å². The number of nitrogens with one attached hydrogen (secondary N) is 2. The van der Waals surface area contributed by atoms with Gasteiger partial charge in [-0.2, -0.15) is 0 Å². The van der Waals surface area contributed by atoms with Crippen LogP contribution in [-0.2, 0) is 19.5 Å². The first-order valence-electron chi connectivity index (χ1n) is 10.6. The Balaban J connectivity index is 0.00000320. The highest BCUT2D eigenvalue weighted by molar-refractivity contribution is 14.0. The van der Waals surface area contributed by atoms with Gasteiger partial charge in [0, 0.05) is 45.2 Å². The second-order valence-electron chi connectivity index (χ2n) is 7.37. The van der Waals surface area contributed by atoms with Crippen LogP contribution in [0.2, 0.25) is 0 Å². The maximum absolute atomic E-state index is 4.75. The lowest BCUT2D eigenvalue weighted by molar-refractivity contribution is 0.198. The number of nitrogens with zero attached hydrogens (tertiary/aromatic N) is 5. The molecule has 7 nitrogen and oxygen atoms in total. The van der Waals surface area contributed by atoms with E-state index in [2.05, 4.69) is 74.1 Å². The van der Waals surface area contributed by atoms with Gasteiger partial charge in [0.1, 0.15) is 12.2 Å². The number of piperidine rings is 1. The molecule has 0 bridgehead atoms. The minimum absolute atomic E-state index is 0. The Morgan fingerprint density at radius 1 is 1.27 bits per heavy atom. The fraction of sp³-hybridized carbons (Fsp3) is 0.500. The van der Waals surface area contributed by atoms with Crippen LogP contribution in [0.5, 0.6) is 0 Å². The first kappa shape index (κ1) is 24.3. The summed E-state index contributed by atoms with van der Waals surface area (Å²) in [5, 5.41) is 15.1. The second-order valence-corrected chi connectivity index (χ2v) is 7.37. The van der Waals surface area contributed by atoms with Crippen LogP contribution >= 0.6 is 24.0 Å². The van der Waals surface area contributed by atoms with E-state index in [0.29, 0.717) is 19.1 Å². The minimum Gasteiger partial charge on any atom is -0.354 e. The molecule has 0 aliphatic carbocycles. The molecule has 2 N–H and O–H groups in total. The molecule has 3 rings (SSSR count). The maximum atomic E-state index is 4.75. The summed E-state index contributed by atoms with van der Waals surface area (Å²) in [4.78, 5) is 7.28. The summed E-state index contributed by atoms with van der Waals surface area (Å²) in [5.74, 6) is 1.86. The van der Waals surface area contributed by atoms with Crippen molar-refractivity contribution in [2.45, 2.75) is 45.3 Å². The number of benzene rings is 1. The Morgan fingerprint density at radius 2 is 2.03 bits per heavy atom. The zero-order chi connectivity index (χ0) is 20.3. The molecule has 2 heterocycles. The molecule has 0 spiro atoms. The van der Waals surface area contributed by atoms with Crippen LogP contribution in [0.1, 0.15) is 31.2 Å². The van der Waals surface area contributed by atoms with Crippen molar-refractivity contribution < 1.29 is 0 Å². The van der Waals surface area contributed by atoms with Gasteiger partial charge in [0.2, 0.25) is 0 Å². The summed E-state index contributed by atoms with van der Waals surface area (Å²) in [5.41, 5.74) is 1.38. The second kappa shape index (κ2) is 13.4. The SMILES string of the molecule is C=CCNC(=NCCn1cnnc1CC)NC1CCN(Cc2ccccc2)CC1.I. The predicted octanol–water partition coefficient (Wildman–Crippen LogP) is 2.84. The molecule has 0 radical (unpaired) electrons. The van der Waals surface area contributed by atoms with Crippen molar-refractivity contribution >= 4 is 29.9 Å². The van der Waals surface area contributed by atoms with Crippen molar-refractivity contribution in [1.82, 2.24) is 30.3 Å². The topological polar surface area (TPSA) is 70.4 Å². The lowest BCUT2D eigenvalue weighted by Crippen LogP contribution is -2.48. The monoisotopic (exact) mass is 523 g/mol. The van der Waals surface area contributed by atoms with Crippen molar-refractivity contribution in [3.05, 3.63) is 60.7 Å². The molecule has 8 heteroatoms. The van der Waals surface area contributed by atoms with Gasteiger partial charge < -0.3 is 15.2 Å². The first-order valence-corrected chi connectivity index (χ1v) is 10.6. The van der Waals surface area contributed by atoms with Gasteiger partial charge in [0.25, 0.3) is 0 Å². The van der Waals surface area contributed by atoms with Gasteiger partial charge >= 0.3 is 0 Å². The molecule has 1 fully saturated rings. The van der Waals surface area contributed by atoms with Gasteiger partial charge in [0.15, 0.2) is 5.96 Å². The van der Waals surface area contributed by atoms with E-state index in [4.69, 9.17) is 4.99 Å². The Kier molecular flexibility index (Phi) is 10.9. The summed E-state index contributed by atoms with van der Waals surface area (Å²) in [7, 11) is 0. The van der Waals surface area contributed by atoms with Crippen molar-refractivity contribution in [3.8, 4) is 0 Å². The van der Waals surface area contributed by atoms with Crippen LogP contribution < -0.4 is 10.6 Å². The van der Waals surface area contributed by atoms with Gasteiger partial charge in [-0.3, -0.25) is 9.89 Å². The first-order chi connectivity index (χ1) is 14.3. The molecule has 1 aliphatic rings. The Bertz CT molecular complexity index is 767. The number of hydrogen-bond donors (Lipinski definition) is 2. The zero-order valence-electron chi connectivity index (χ0n) is 17.8. The number of aliphatic imine (C=N–C) groups is 1. The van der Waals surface area contributed by atoms with E-state index in [9.17, 15) is 0 Å². The summed E-state index contributed by atoms with van der Waals surface area (Å²) in [6.45, 7) is 11.3. The van der Waals surface area contributed by atoms with Crippen molar-refractivity contribution in [1.29, 1.82) is 0 Å². The Hall–Kier alpha value is -1.94. The fourth-order valence-corrected chi connectivity index (χ4v) is 3.60. The highest BCUT2D eigenvalue weighted by Crippen LogP contribution is 2.13. The van der Waals surface area contributed by atoms with Gasteiger partial charge in [0.05, 0.1) is 6.54 Å². The third-order valence-corrected chi connectivity index (χ3v) is 5.21. The molecule has 0 unspecified atom stereocenters. The Labute approximate surface area is 197 Å². The Morgan fingerprint density at radius 3 is 2.73 bits per heavy atom. The molecular formula is C22H34IN7. The lowest BCUT2D eigenvalue weighted by atomic mass is 10.0. The molecule has 1 aliphatic heterocycles. The van der Waals surface area contributed by atoms with Crippen LogP contribution in [0.4, 0.5) is 0 Å². The van der Waals surface area contributed by atoms with Crippen LogP contribution in [0.15, 0.2) is 54.3 Å². The summed E-state index contributed by atoms with van der Waals surface area (Å²) in [6.07, 6.45) is 6.75. The molecule has 30 heavy (non-hydrogen) atoms. The zero-order valence-corrected chi connectivity index (χ0v) is 20.2. The standard InChI is InChI=1S/C22H33N7.HI/c1-3-12-23-22(24-13-16-29-18-25-27-21(29)4-2)26-20-10-14-28(15-11-20)17-19-8-6-5-7-9-19;/h3,5-9,18,20H,1,4,10-17H2,2H3,(H2,23,24,26);1H. The van der Waals surface area contributed by atoms with E-state index < -0.39 is 0 Å². The van der Waals surface area contributed by atoms with Crippen LogP contribution in [-0.4, -0.2) is 57.8 Å². The largest absolute Gasteiger partial charge is 0.354 e. The van der Waals surface area contributed by atoms with Crippen molar-refractivity contribution in [3.63, 3.8) is 0 Å². The van der Waals surface area contributed by atoms with E-state index in [1.54, 1.807) is 6.33 Å². The number of guanidine groups is 1. The normalized spacial score (nSPS) is 15.4. The van der Waals surface area contributed by atoms with Crippen molar-refractivity contribution in [2.24, 2.45) is 4.99 Å². The average molecular weight is 523 g/mol. The van der Waals surface area contributed by atoms with E-state index in [1.807, 2.05) is 6.08 Å². The molecular weight excluding hydrogens is 489 g/mol. The molecule has 0 amide bonds. The number of rotatable bonds is 9. The number of halogens is 1. The lowest BCUT2D eigenvalue weighted by Gasteiger charge is -2.33. The molecule has 0 atom stereocenters. The molecule has 0 saturated carbocycles. The average Bonchev–Trinajstić information content (AvgIpc) is 3.21. The third kappa shape index (κ3) is 7.71. The van der Waals surface area contributed by atoms with E-state index in [1.165, 1.54) is 5.56 Å². The maximum Gasteiger partial charge on any atom is 0.191 e. The summed E-state index contributed by atoms with van der Waals surface area (Å²) in [6, 6.07) is 11.1. The molecule has 1 saturated heterocycles. The van der Waals surface area contributed by atoms with Crippen LogP contribution in [0, 0.1) is 0 Å². The van der Waals surface area contributed by atoms with E-state index >= 15 is 0 Å². The molecule has 2 aromatic rings. The van der Waals surface area contributed by atoms with E-state index in [0.717, 1.165) is 57.2 Å². The number of likely N-dealkylation sites (tertiary alicyclic amines) is 1. The quantitative estimate of drug-likeness (QED) is 0.229. The van der Waals surface area contributed by atoms with Gasteiger partial charge in [-0.1, -0.05) is 43.3 Å². The number of hydrogen-bond acceptors (Lipinski definition) is 4. The smallest absolute Gasteiger partial charge is 0.191 e. The van der Waals surface area contributed by atoms with Crippen molar-refractivity contribution in [2.75, 3.05) is 26.2 Å². The van der Waals surface area contributed by atoms with Gasteiger partial charge in [-0.25, -0.2) is 0 Å². The summed E-state index contributed by atoms with van der Waals surface area (Å²) < 4.78 is 2.07. The fourth-order valence-electron chi connectivity index (χ4n) is 3.60. The number of aromatic nitrogens is 3. The van der Waals surface area contributed by atoms with Crippen LogP contribution in [0.3, 0.4) is 0 Å². The van der Waals surface area contributed by atoms with Crippen LogP contribution in [0.25, 0.3) is 0 Å². The molecule has 164 valence electrons. The minimum atomic E-state index is 0. The molecule has 1 aromatic carbocycles. The number of aryl methyl sites for hydroxylation is 1. The highest BCUT2D eigenvalue weighted by Gasteiger charge is 2.20. The predicted molar refractivity (Wildman–Crippen MR) is 133 cm³/mol. The van der Waals surface area contributed by atoms with E-state index in [-0.39, 0.29) is 24.0 Å².